The Morgan fingerprint density at radius 2 is 1.13 bits per heavy atom. The number of hydrogen-bond donors (Lipinski definition) is 1. The second-order valence-electron chi connectivity index (χ2n) is 11.1. The smallest absolute Gasteiger partial charge is 0.180 e. The van der Waals surface area contributed by atoms with Gasteiger partial charge in [0.25, 0.3) is 0 Å². The first kappa shape index (κ1) is 25.3. The summed E-state index contributed by atoms with van der Waals surface area (Å²) in [7, 11) is 0. The van der Waals surface area contributed by atoms with Crippen LogP contribution in [0.3, 0.4) is 0 Å². The molecule has 0 aliphatic rings. The average Bonchev–Trinajstić information content (AvgIpc) is 3.65. The zero-order chi connectivity index (χ0) is 29.9. The Morgan fingerprint density at radius 3 is 2.00 bits per heavy atom. The molecule has 212 valence electrons. The number of rotatable bonds is 4. The molecule has 0 radical (unpaired) electrons. The van der Waals surface area contributed by atoms with E-state index in [4.69, 9.17) is 14.4 Å². The van der Waals surface area contributed by atoms with E-state index in [1.165, 1.54) is 10.8 Å². The SMILES string of the molecule is Oc1ccccc1-c1ccccc1-c1ncnc2c1oc1c(-c3cccc4c3c3ccccc3n4-c3ccccc3)cccc12. The van der Waals surface area contributed by atoms with Gasteiger partial charge in [-0.2, -0.15) is 0 Å². The van der Waals surface area contributed by atoms with Crippen LogP contribution in [-0.2, 0) is 0 Å². The zero-order valence-corrected chi connectivity index (χ0v) is 24.1. The molecule has 3 aromatic heterocycles. The summed E-state index contributed by atoms with van der Waals surface area (Å²) in [6.45, 7) is 0. The lowest BCUT2D eigenvalue weighted by molar-refractivity contribution is 0.477. The van der Waals surface area contributed by atoms with Gasteiger partial charge in [-0.1, -0.05) is 103 Å². The molecule has 0 aliphatic carbocycles. The summed E-state index contributed by atoms with van der Waals surface area (Å²) in [5.41, 5.74) is 10.8. The molecule has 9 aromatic rings. The highest BCUT2D eigenvalue weighted by Crippen LogP contribution is 2.44. The molecule has 0 fully saturated rings. The molecule has 3 heterocycles. The third-order valence-electron chi connectivity index (χ3n) is 8.66. The largest absolute Gasteiger partial charge is 0.507 e. The van der Waals surface area contributed by atoms with Crippen LogP contribution in [0.1, 0.15) is 0 Å². The highest BCUT2D eigenvalue weighted by atomic mass is 16.3. The van der Waals surface area contributed by atoms with Gasteiger partial charge < -0.3 is 14.1 Å². The predicted molar refractivity (Wildman–Crippen MR) is 182 cm³/mol. The number of fused-ring (bicyclic) bond motifs is 6. The first-order valence-corrected chi connectivity index (χ1v) is 14.9. The van der Waals surface area contributed by atoms with Crippen molar-refractivity contribution < 1.29 is 9.52 Å². The fourth-order valence-corrected chi connectivity index (χ4v) is 6.73. The molecule has 0 amide bonds. The number of nitrogens with zero attached hydrogens (tertiary/aromatic N) is 3. The summed E-state index contributed by atoms with van der Waals surface area (Å²) in [5, 5.41) is 14.0. The van der Waals surface area contributed by atoms with Gasteiger partial charge in [0.1, 0.15) is 28.9 Å². The van der Waals surface area contributed by atoms with E-state index in [2.05, 4.69) is 89.5 Å². The zero-order valence-electron chi connectivity index (χ0n) is 24.1. The van der Waals surface area contributed by atoms with Crippen molar-refractivity contribution in [3.8, 4) is 44.9 Å². The van der Waals surface area contributed by atoms with Crippen LogP contribution in [0.4, 0.5) is 0 Å². The van der Waals surface area contributed by atoms with Gasteiger partial charge in [0.2, 0.25) is 0 Å². The summed E-state index contributed by atoms with van der Waals surface area (Å²) < 4.78 is 9.13. The topological polar surface area (TPSA) is 64.1 Å². The van der Waals surface area contributed by atoms with Gasteiger partial charge in [-0.25, -0.2) is 9.97 Å². The van der Waals surface area contributed by atoms with Gasteiger partial charge in [-0.15, -0.1) is 0 Å². The van der Waals surface area contributed by atoms with Crippen LogP contribution in [0.5, 0.6) is 5.75 Å². The van der Waals surface area contributed by atoms with Crippen molar-refractivity contribution in [2.24, 2.45) is 0 Å². The second-order valence-corrected chi connectivity index (χ2v) is 11.1. The van der Waals surface area contributed by atoms with Gasteiger partial charge in [0.05, 0.1) is 11.0 Å². The van der Waals surface area contributed by atoms with Crippen LogP contribution in [0.2, 0.25) is 0 Å². The highest BCUT2D eigenvalue weighted by Gasteiger charge is 2.22. The Labute approximate surface area is 258 Å². The number of benzene rings is 6. The Kier molecular flexibility index (Phi) is 5.59. The molecule has 5 nitrogen and oxygen atoms in total. The van der Waals surface area contributed by atoms with Gasteiger partial charge in [0.15, 0.2) is 5.58 Å². The van der Waals surface area contributed by atoms with Crippen molar-refractivity contribution in [3.05, 3.63) is 146 Å². The van der Waals surface area contributed by atoms with E-state index in [9.17, 15) is 5.11 Å². The van der Waals surface area contributed by atoms with Crippen LogP contribution in [0, 0.1) is 0 Å². The van der Waals surface area contributed by atoms with Crippen LogP contribution in [0.25, 0.3) is 83.1 Å². The first-order chi connectivity index (χ1) is 22.3. The Bertz CT molecular complexity index is 2560. The standard InChI is InChI=1S/C40H25N3O2/c44-35-23-9-7-15-27(35)26-14-4-5-16-29(26)37-40-38(42-24-41-37)32-20-10-19-30(39(32)45-40)28-18-11-22-34-36(28)31-17-6-8-21-33(31)43(34)25-12-2-1-3-13-25/h1-24,44H. The molecule has 45 heavy (non-hydrogen) atoms. The third kappa shape index (κ3) is 3.81. The summed E-state index contributed by atoms with van der Waals surface area (Å²) in [6.07, 6.45) is 1.59. The summed E-state index contributed by atoms with van der Waals surface area (Å²) in [6, 6.07) is 47.1. The summed E-state index contributed by atoms with van der Waals surface area (Å²) in [4.78, 5) is 9.44. The van der Waals surface area contributed by atoms with Crippen molar-refractivity contribution in [2.75, 3.05) is 0 Å². The van der Waals surface area contributed by atoms with Crippen LogP contribution in [0.15, 0.2) is 150 Å². The van der Waals surface area contributed by atoms with Gasteiger partial charge in [-0.3, -0.25) is 0 Å². The van der Waals surface area contributed by atoms with Crippen LogP contribution < -0.4 is 0 Å². The minimum atomic E-state index is 0.213. The molecule has 0 bridgehead atoms. The number of aromatic nitrogens is 3. The van der Waals surface area contributed by atoms with E-state index < -0.39 is 0 Å². The quantitative estimate of drug-likeness (QED) is 0.225. The first-order valence-electron chi connectivity index (χ1n) is 14.9. The molecule has 0 atom stereocenters. The summed E-state index contributed by atoms with van der Waals surface area (Å²) in [5.74, 6) is 0.213. The number of furan rings is 1. The Morgan fingerprint density at radius 1 is 0.489 bits per heavy atom. The highest BCUT2D eigenvalue weighted by molar-refractivity contribution is 6.19. The molecule has 0 spiro atoms. The lowest BCUT2D eigenvalue weighted by atomic mass is 9.96. The van der Waals surface area contributed by atoms with Crippen molar-refractivity contribution in [3.63, 3.8) is 0 Å². The van der Waals surface area contributed by atoms with Crippen LogP contribution >= 0.6 is 0 Å². The van der Waals surface area contributed by atoms with E-state index in [-0.39, 0.29) is 5.75 Å². The van der Waals surface area contributed by atoms with Crippen molar-refractivity contribution in [1.82, 2.24) is 14.5 Å². The van der Waals surface area contributed by atoms with E-state index >= 15 is 0 Å². The minimum Gasteiger partial charge on any atom is -0.507 e. The van der Waals surface area contributed by atoms with Gasteiger partial charge >= 0.3 is 0 Å². The molecule has 5 heteroatoms. The molecule has 0 aliphatic heterocycles. The number of phenolic OH excluding ortho intramolecular Hbond substituents is 1. The van der Waals surface area contributed by atoms with E-state index in [0.717, 1.165) is 61.0 Å². The molecule has 0 saturated carbocycles. The lowest BCUT2D eigenvalue weighted by Gasteiger charge is -2.10. The predicted octanol–water partition coefficient (Wildman–Crippen LogP) is 10.2. The molecular weight excluding hydrogens is 554 g/mol. The molecule has 6 aromatic carbocycles. The summed E-state index contributed by atoms with van der Waals surface area (Å²) >= 11 is 0. The monoisotopic (exact) mass is 579 g/mol. The molecule has 1 N–H and O–H groups in total. The number of phenols is 1. The minimum absolute atomic E-state index is 0.213. The van der Waals surface area contributed by atoms with Crippen LogP contribution in [-0.4, -0.2) is 19.6 Å². The normalized spacial score (nSPS) is 11.6. The van der Waals surface area contributed by atoms with E-state index in [1.54, 1.807) is 12.4 Å². The fraction of sp³-hybridized carbons (Fsp3) is 0. The Balaban J connectivity index is 1.32. The maximum atomic E-state index is 10.7. The number of hydrogen-bond acceptors (Lipinski definition) is 4. The second kappa shape index (κ2) is 9.93. The van der Waals surface area contributed by atoms with E-state index in [0.29, 0.717) is 11.3 Å². The molecule has 0 saturated heterocycles. The average molecular weight is 580 g/mol. The van der Waals surface area contributed by atoms with Crippen molar-refractivity contribution in [1.29, 1.82) is 0 Å². The number of para-hydroxylation sites is 4. The molecule has 9 rings (SSSR count). The lowest BCUT2D eigenvalue weighted by Crippen LogP contribution is -1.92. The van der Waals surface area contributed by atoms with Gasteiger partial charge in [0, 0.05) is 38.5 Å². The maximum Gasteiger partial charge on any atom is 0.180 e. The van der Waals surface area contributed by atoms with Crippen molar-refractivity contribution in [2.45, 2.75) is 0 Å². The van der Waals surface area contributed by atoms with Crippen molar-refractivity contribution >= 4 is 43.9 Å². The van der Waals surface area contributed by atoms with E-state index in [1.807, 2.05) is 48.5 Å². The van der Waals surface area contributed by atoms with Gasteiger partial charge in [-0.05, 0) is 47.5 Å². The molecule has 0 unspecified atom stereocenters. The maximum absolute atomic E-state index is 10.7. The third-order valence-corrected chi connectivity index (χ3v) is 8.66. The fourth-order valence-electron chi connectivity index (χ4n) is 6.73. The number of aromatic hydroxyl groups is 1. The molecular formula is C40H25N3O2. The Hall–Kier alpha value is -6.20.